The molecule has 4 nitrogen and oxygen atoms in total. The van der Waals surface area contributed by atoms with E-state index in [1.807, 2.05) is 18.1 Å². The molecule has 2 aromatic rings. The van der Waals surface area contributed by atoms with Crippen molar-refractivity contribution in [3.05, 3.63) is 35.5 Å². The van der Waals surface area contributed by atoms with E-state index in [-0.39, 0.29) is 11.4 Å². The second-order valence-corrected chi connectivity index (χ2v) is 7.45. The number of nitrogens with one attached hydrogen (secondary N) is 1. The highest BCUT2D eigenvalue weighted by atomic mass is 32.1. The first-order chi connectivity index (χ1) is 12.0. The quantitative estimate of drug-likeness (QED) is 0.699. The summed E-state index contributed by atoms with van der Waals surface area (Å²) >= 11 is 4.83. The minimum Gasteiger partial charge on any atom is -0.380 e. The van der Waals surface area contributed by atoms with Crippen molar-refractivity contribution in [3.63, 3.8) is 0 Å². The van der Waals surface area contributed by atoms with E-state index in [1.165, 1.54) is 16.5 Å². The summed E-state index contributed by atoms with van der Waals surface area (Å²) in [6.45, 7) is -0.0302. The van der Waals surface area contributed by atoms with Crippen LogP contribution in [0, 0.1) is 0 Å². The normalized spacial score (nSPS) is 21.0. The van der Waals surface area contributed by atoms with Gasteiger partial charge in [-0.2, -0.15) is 21.4 Å². The molecule has 1 aliphatic rings. The third-order valence-electron chi connectivity index (χ3n) is 4.79. The Labute approximate surface area is 151 Å². The summed E-state index contributed by atoms with van der Waals surface area (Å²) in [4.78, 5) is 5.30. The zero-order valence-electron chi connectivity index (χ0n) is 14.3. The van der Waals surface area contributed by atoms with Crippen molar-refractivity contribution in [3.8, 4) is 0 Å². The zero-order valence-corrected chi connectivity index (χ0v) is 15.2. The number of likely N-dealkylation sites (N-methyl/N-ethyl adjacent to an activating group) is 1. The number of nitrogens with zero attached hydrogens (tertiary/aromatic N) is 1. The van der Waals surface area contributed by atoms with Crippen LogP contribution in [-0.4, -0.2) is 56.5 Å². The first-order valence-corrected chi connectivity index (χ1v) is 8.91. The minimum absolute atomic E-state index is 0.0361. The number of halogens is 2. The molecule has 1 aromatic heterocycles. The van der Waals surface area contributed by atoms with Crippen molar-refractivity contribution in [2.45, 2.75) is 24.2 Å². The molecule has 138 valence electrons. The molecule has 0 amide bonds. The van der Waals surface area contributed by atoms with Crippen molar-refractivity contribution in [1.82, 2.24) is 9.88 Å². The van der Waals surface area contributed by atoms with E-state index in [0.717, 1.165) is 31.5 Å². The standard InChI is InChI=1S/C18H24F2N2O2S/c1-22(7-9-24-17(19)20)6-4-13-11-21-16-3-2-14(10-15(13)16)18(25)5-8-23-12-18/h2-3,10-11,17,21,25H,4-9,12H2,1H3. The fourth-order valence-electron chi connectivity index (χ4n) is 3.18. The van der Waals surface area contributed by atoms with Crippen LogP contribution >= 0.6 is 12.6 Å². The van der Waals surface area contributed by atoms with Crippen LogP contribution in [0.15, 0.2) is 24.4 Å². The number of ether oxygens (including phenoxy) is 2. The van der Waals surface area contributed by atoms with Crippen LogP contribution in [0.3, 0.4) is 0 Å². The van der Waals surface area contributed by atoms with Gasteiger partial charge in [0.25, 0.3) is 0 Å². The van der Waals surface area contributed by atoms with Crippen LogP contribution in [-0.2, 0) is 20.6 Å². The Hall–Kier alpha value is -1.15. The number of rotatable bonds is 8. The Morgan fingerprint density at radius 1 is 1.40 bits per heavy atom. The van der Waals surface area contributed by atoms with E-state index in [0.29, 0.717) is 13.2 Å². The fraction of sp³-hybridized carbons (Fsp3) is 0.556. The summed E-state index contributed by atoms with van der Waals surface area (Å²) < 4.78 is 33.6. The number of aromatic amines is 1. The molecule has 1 aromatic carbocycles. The molecular formula is C18H24F2N2O2S. The Morgan fingerprint density at radius 2 is 2.24 bits per heavy atom. The third-order valence-corrected chi connectivity index (χ3v) is 5.40. The maximum atomic E-state index is 12.0. The highest BCUT2D eigenvalue weighted by Crippen LogP contribution is 2.38. The molecule has 0 spiro atoms. The highest BCUT2D eigenvalue weighted by Gasteiger charge is 2.33. The molecule has 1 unspecified atom stereocenters. The average molecular weight is 370 g/mol. The van der Waals surface area contributed by atoms with E-state index < -0.39 is 6.61 Å². The maximum Gasteiger partial charge on any atom is 0.345 e. The number of hydrogen-bond donors (Lipinski definition) is 2. The number of aromatic nitrogens is 1. The molecule has 0 saturated carbocycles. The van der Waals surface area contributed by atoms with Gasteiger partial charge in [-0.1, -0.05) is 6.07 Å². The van der Waals surface area contributed by atoms with Crippen LogP contribution in [0.25, 0.3) is 10.9 Å². The second-order valence-electron chi connectivity index (χ2n) is 6.59. The van der Waals surface area contributed by atoms with Crippen molar-refractivity contribution >= 4 is 23.5 Å². The van der Waals surface area contributed by atoms with E-state index in [2.05, 4.69) is 27.9 Å². The zero-order chi connectivity index (χ0) is 17.9. The Morgan fingerprint density at radius 3 is 2.96 bits per heavy atom. The number of fused-ring (bicyclic) bond motifs is 1. The Balaban J connectivity index is 1.65. The molecule has 0 radical (unpaired) electrons. The molecule has 1 aliphatic heterocycles. The summed E-state index contributed by atoms with van der Waals surface area (Å²) in [6, 6.07) is 6.39. The molecule has 3 rings (SSSR count). The van der Waals surface area contributed by atoms with Crippen molar-refractivity contribution in [2.24, 2.45) is 0 Å². The summed E-state index contributed by atoms with van der Waals surface area (Å²) in [6.07, 6.45) is 3.77. The van der Waals surface area contributed by atoms with Crippen molar-refractivity contribution in [2.75, 3.05) is 40.0 Å². The predicted molar refractivity (Wildman–Crippen MR) is 97.6 cm³/mol. The predicted octanol–water partition coefficient (Wildman–Crippen LogP) is 3.43. The van der Waals surface area contributed by atoms with Gasteiger partial charge in [0.2, 0.25) is 0 Å². The lowest BCUT2D eigenvalue weighted by atomic mass is 9.95. The lowest BCUT2D eigenvalue weighted by Crippen LogP contribution is -2.26. The highest BCUT2D eigenvalue weighted by molar-refractivity contribution is 7.81. The first-order valence-electron chi connectivity index (χ1n) is 8.47. The van der Waals surface area contributed by atoms with Crippen LogP contribution in [0.1, 0.15) is 17.5 Å². The maximum absolute atomic E-state index is 12.0. The first kappa shape index (κ1) is 18.6. The third kappa shape index (κ3) is 4.53. The summed E-state index contributed by atoms with van der Waals surface area (Å²) in [5, 5.41) is 1.19. The summed E-state index contributed by atoms with van der Waals surface area (Å²) in [5.41, 5.74) is 3.49. The molecule has 25 heavy (non-hydrogen) atoms. The van der Waals surface area contributed by atoms with E-state index in [1.54, 1.807) is 0 Å². The van der Waals surface area contributed by atoms with Gasteiger partial charge in [-0.05, 0) is 43.1 Å². The van der Waals surface area contributed by atoms with Crippen molar-refractivity contribution in [1.29, 1.82) is 0 Å². The molecular weight excluding hydrogens is 346 g/mol. The van der Waals surface area contributed by atoms with Gasteiger partial charge in [-0.15, -0.1) is 0 Å². The number of alkyl halides is 2. The van der Waals surface area contributed by atoms with Gasteiger partial charge >= 0.3 is 6.61 Å². The van der Waals surface area contributed by atoms with Gasteiger partial charge in [0, 0.05) is 36.8 Å². The number of thiol groups is 1. The van der Waals surface area contributed by atoms with Gasteiger partial charge in [0.1, 0.15) is 0 Å². The molecule has 1 saturated heterocycles. The van der Waals surface area contributed by atoms with E-state index in [4.69, 9.17) is 17.4 Å². The number of hydrogen-bond acceptors (Lipinski definition) is 4. The Kier molecular flexibility index (Phi) is 5.99. The van der Waals surface area contributed by atoms with E-state index in [9.17, 15) is 8.78 Å². The molecule has 2 heterocycles. The molecule has 1 fully saturated rings. The van der Waals surface area contributed by atoms with Crippen molar-refractivity contribution < 1.29 is 18.3 Å². The van der Waals surface area contributed by atoms with Crippen LogP contribution in [0.4, 0.5) is 8.78 Å². The van der Waals surface area contributed by atoms with Gasteiger partial charge in [-0.3, -0.25) is 0 Å². The SMILES string of the molecule is CN(CCOC(F)F)CCc1c[nH]c2ccc(C3(S)CCOC3)cc12. The fourth-order valence-corrected chi connectivity index (χ4v) is 3.50. The van der Waals surface area contributed by atoms with Gasteiger partial charge in [-0.25, -0.2) is 0 Å². The monoisotopic (exact) mass is 370 g/mol. The average Bonchev–Trinajstić information content (AvgIpc) is 3.19. The number of benzene rings is 1. The Bertz CT molecular complexity index is 701. The molecule has 0 bridgehead atoms. The molecule has 0 aliphatic carbocycles. The molecule has 1 N–H and O–H groups in total. The van der Waals surface area contributed by atoms with Crippen LogP contribution in [0.2, 0.25) is 0 Å². The lowest BCUT2D eigenvalue weighted by molar-refractivity contribution is -0.131. The number of H-pyrrole nitrogens is 1. The smallest absolute Gasteiger partial charge is 0.345 e. The summed E-state index contributed by atoms with van der Waals surface area (Å²) in [7, 11) is 1.91. The minimum atomic E-state index is -2.70. The van der Waals surface area contributed by atoms with Gasteiger partial charge in [0.05, 0.1) is 18.0 Å². The molecule has 7 heteroatoms. The topological polar surface area (TPSA) is 37.5 Å². The van der Waals surface area contributed by atoms with Gasteiger partial charge < -0.3 is 19.4 Å². The summed E-state index contributed by atoms with van der Waals surface area (Å²) in [5.74, 6) is 0. The van der Waals surface area contributed by atoms with Crippen LogP contribution in [0.5, 0.6) is 0 Å². The van der Waals surface area contributed by atoms with Gasteiger partial charge in [0.15, 0.2) is 0 Å². The van der Waals surface area contributed by atoms with Crippen LogP contribution < -0.4 is 0 Å². The molecule has 1 atom stereocenters. The largest absolute Gasteiger partial charge is 0.380 e. The second kappa shape index (κ2) is 8.03. The van der Waals surface area contributed by atoms with E-state index >= 15 is 0 Å². The lowest BCUT2D eigenvalue weighted by Gasteiger charge is -2.21.